The van der Waals surface area contributed by atoms with E-state index in [9.17, 15) is 16.8 Å². The number of nitrogens with zero attached hydrogens (tertiary/aromatic N) is 2. The number of benzene rings is 2. The first-order chi connectivity index (χ1) is 17.2. The molecule has 0 radical (unpaired) electrons. The average molecular weight is 553 g/mol. The first kappa shape index (κ1) is 29.7. The maximum Gasteiger partial charge on any atom is 0.256 e. The minimum absolute atomic E-state index is 0.124. The van der Waals surface area contributed by atoms with E-state index in [0.717, 1.165) is 19.3 Å². The van der Waals surface area contributed by atoms with E-state index < -0.39 is 32.9 Å². The van der Waals surface area contributed by atoms with Crippen LogP contribution in [0.3, 0.4) is 0 Å². The van der Waals surface area contributed by atoms with Crippen molar-refractivity contribution in [2.45, 2.75) is 88.0 Å². The van der Waals surface area contributed by atoms with Crippen LogP contribution < -0.4 is 0 Å². The molecule has 1 saturated heterocycles. The Morgan fingerprint density at radius 2 is 1.24 bits per heavy atom. The number of hydrogen-bond acceptors (Lipinski definition) is 7. The molecule has 0 aromatic heterocycles. The molecule has 8 nitrogen and oxygen atoms in total. The molecule has 0 N–H and O–H groups in total. The summed E-state index contributed by atoms with van der Waals surface area (Å²) in [4.78, 5) is 6.15. The quantitative estimate of drug-likeness (QED) is 0.361. The fourth-order valence-corrected chi connectivity index (χ4v) is 8.32. The largest absolute Gasteiger partial charge is 0.349 e. The van der Waals surface area contributed by atoms with Gasteiger partial charge in [-0.05, 0) is 77.1 Å². The first-order valence-electron chi connectivity index (χ1n) is 12.6. The van der Waals surface area contributed by atoms with E-state index in [4.69, 9.17) is 9.57 Å². The summed E-state index contributed by atoms with van der Waals surface area (Å²) in [6, 6.07) is 15.1. The maximum absolute atomic E-state index is 13.8. The molecule has 0 spiro atoms. The zero-order valence-electron chi connectivity index (χ0n) is 22.6. The van der Waals surface area contributed by atoms with Crippen LogP contribution in [0.1, 0.15) is 60.8 Å². The monoisotopic (exact) mass is 552 g/mol. The van der Waals surface area contributed by atoms with Crippen molar-refractivity contribution in [1.82, 2.24) is 8.77 Å². The van der Waals surface area contributed by atoms with Gasteiger partial charge in [-0.3, -0.25) is 4.84 Å². The second kappa shape index (κ2) is 11.5. The van der Waals surface area contributed by atoms with Crippen molar-refractivity contribution in [2.75, 3.05) is 13.2 Å². The van der Waals surface area contributed by atoms with E-state index in [2.05, 4.69) is 27.7 Å². The van der Waals surface area contributed by atoms with Crippen LogP contribution in [0.5, 0.6) is 0 Å². The van der Waals surface area contributed by atoms with E-state index >= 15 is 0 Å². The molecule has 0 saturated carbocycles. The van der Waals surface area contributed by atoms with Crippen molar-refractivity contribution >= 4 is 20.0 Å². The number of ether oxygens (including phenoxy) is 1. The van der Waals surface area contributed by atoms with Crippen LogP contribution in [-0.4, -0.2) is 56.1 Å². The molecular weight excluding hydrogens is 512 g/mol. The molecule has 2 aromatic rings. The predicted molar refractivity (Wildman–Crippen MR) is 143 cm³/mol. The Morgan fingerprint density at radius 3 is 1.65 bits per heavy atom. The number of hydrogen-bond donors (Lipinski definition) is 0. The highest BCUT2D eigenvalue weighted by Gasteiger charge is 2.46. The van der Waals surface area contributed by atoms with E-state index in [1.165, 1.54) is 24.3 Å². The smallest absolute Gasteiger partial charge is 0.256 e. The molecule has 0 aliphatic carbocycles. The topological polar surface area (TPSA) is 93.2 Å². The van der Waals surface area contributed by atoms with Gasteiger partial charge >= 0.3 is 0 Å². The molecule has 3 rings (SSSR count). The fourth-order valence-electron chi connectivity index (χ4n) is 4.66. The van der Waals surface area contributed by atoms with Gasteiger partial charge in [-0.2, -0.15) is 5.06 Å². The standard InChI is InChI=1S/C27H40N2O6S2/c1-22(2)21-34-25(35-29-26(3,4)18-13-19-27(29,5)6)20-28(36(30,31)23-14-9-7-10-15-23)37(32,33)24-16-11-8-12-17-24/h7-12,14-17,22,25H,13,18-21H2,1-6H3. The summed E-state index contributed by atoms with van der Waals surface area (Å²) in [5.41, 5.74) is -0.717. The van der Waals surface area contributed by atoms with Crippen molar-refractivity contribution < 1.29 is 26.4 Å². The van der Waals surface area contributed by atoms with Crippen molar-refractivity contribution in [1.29, 1.82) is 0 Å². The molecule has 37 heavy (non-hydrogen) atoms. The Hall–Kier alpha value is -1.82. The number of hydroxylamine groups is 2. The predicted octanol–water partition coefficient (Wildman–Crippen LogP) is 5.04. The first-order valence-corrected chi connectivity index (χ1v) is 15.5. The van der Waals surface area contributed by atoms with E-state index in [1.807, 2.05) is 18.9 Å². The van der Waals surface area contributed by atoms with Crippen LogP contribution in [0.2, 0.25) is 0 Å². The molecule has 2 aromatic carbocycles. The number of piperidine rings is 1. The van der Waals surface area contributed by atoms with Crippen LogP contribution >= 0.6 is 0 Å². The lowest BCUT2D eigenvalue weighted by Crippen LogP contribution is -2.60. The van der Waals surface area contributed by atoms with Crippen LogP contribution in [0.25, 0.3) is 0 Å². The van der Waals surface area contributed by atoms with E-state index in [0.29, 0.717) is 3.71 Å². The van der Waals surface area contributed by atoms with Crippen LogP contribution in [0, 0.1) is 5.92 Å². The molecule has 1 atom stereocenters. The molecule has 1 fully saturated rings. The SMILES string of the molecule is CC(C)COC(CN(S(=O)(=O)c1ccccc1)S(=O)(=O)c1ccccc1)ON1C(C)(C)CCCC1(C)C. The Bertz CT molecular complexity index is 1140. The lowest BCUT2D eigenvalue weighted by Gasteiger charge is -2.52. The Morgan fingerprint density at radius 1 is 0.811 bits per heavy atom. The minimum atomic E-state index is -4.47. The highest BCUT2D eigenvalue weighted by Crippen LogP contribution is 2.39. The molecule has 206 valence electrons. The van der Waals surface area contributed by atoms with Gasteiger partial charge in [0.1, 0.15) is 0 Å². The number of sulfonamides is 2. The van der Waals surface area contributed by atoms with Crippen molar-refractivity contribution in [3.8, 4) is 0 Å². The van der Waals surface area contributed by atoms with Gasteiger partial charge in [-0.15, -0.1) is 0 Å². The van der Waals surface area contributed by atoms with Gasteiger partial charge in [0.25, 0.3) is 20.0 Å². The zero-order chi connectivity index (χ0) is 27.5. The van der Waals surface area contributed by atoms with Crippen LogP contribution in [-0.2, 0) is 29.6 Å². The normalized spacial score (nSPS) is 19.2. The summed E-state index contributed by atoms with van der Waals surface area (Å²) in [5, 5.41) is 1.86. The average Bonchev–Trinajstić information content (AvgIpc) is 2.83. The third-order valence-corrected chi connectivity index (χ3v) is 10.7. The lowest BCUT2D eigenvalue weighted by atomic mass is 9.82. The van der Waals surface area contributed by atoms with Gasteiger partial charge in [0.2, 0.25) is 0 Å². The van der Waals surface area contributed by atoms with Crippen molar-refractivity contribution in [3.05, 3.63) is 60.7 Å². The van der Waals surface area contributed by atoms with Crippen molar-refractivity contribution in [2.24, 2.45) is 5.92 Å². The number of rotatable bonds is 11. The molecule has 0 amide bonds. The minimum Gasteiger partial charge on any atom is -0.349 e. The lowest BCUT2D eigenvalue weighted by molar-refractivity contribution is -0.353. The summed E-state index contributed by atoms with van der Waals surface area (Å²) in [6.45, 7) is 11.9. The summed E-state index contributed by atoms with van der Waals surface area (Å²) in [6.07, 6.45) is 1.62. The maximum atomic E-state index is 13.8. The zero-order valence-corrected chi connectivity index (χ0v) is 24.3. The highest BCUT2D eigenvalue weighted by molar-refractivity contribution is 8.04. The highest BCUT2D eigenvalue weighted by atomic mass is 32.3. The Kier molecular flexibility index (Phi) is 9.25. The van der Waals surface area contributed by atoms with Gasteiger partial charge in [0.05, 0.1) is 22.9 Å². The van der Waals surface area contributed by atoms with Gasteiger partial charge in [-0.25, -0.2) is 16.8 Å². The van der Waals surface area contributed by atoms with Crippen molar-refractivity contribution in [3.63, 3.8) is 0 Å². The summed E-state index contributed by atoms with van der Waals surface area (Å²) in [7, 11) is -8.94. The van der Waals surface area contributed by atoms with E-state index in [1.54, 1.807) is 36.4 Å². The van der Waals surface area contributed by atoms with Crippen LogP contribution in [0.15, 0.2) is 70.5 Å². The summed E-state index contributed by atoms with van der Waals surface area (Å²) in [5.74, 6) is 0.124. The van der Waals surface area contributed by atoms with Crippen LogP contribution in [0.4, 0.5) is 0 Å². The fraction of sp³-hybridized carbons (Fsp3) is 0.556. The molecule has 10 heteroatoms. The Balaban J connectivity index is 2.07. The third kappa shape index (κ3) is 6.99. The van der Waals surface area contributed by atoms with Gasteiger partial charge in [0.15, 0.2) is 6.29 Å². The summed E-state index contributed by atoms with van der Waals surface area (Å²) < 4.78 is 61.7. The molecular formula is C27H40N2O6S2. The van der Waals surface area contributed by atoms with Gasteiger partial charge in [0, 0.05) is 11.1 Å². The summed E-state index contributed by atoms with van der Waals surface area (Å²) >= 11 is 0. The molecule has 1 aliphatic rings. The molecule has 1 aliphatic heterocycles. The molecule has 1 unspecified atom stereocenters. The van der Waals surface area contributed by atoms with Gasteiger partial charge in [-0.1, -0.05) is 54.0 Å². The molecule has 1 heterocycles. The second-order valence-electron chi connectivity index (χ2n) is 11.1. The van der Waals surface area contributed by atoms with E-state index in [-0.39, 0.29) is 33.4 Å². The third-order valence-electron chi connectivity index (χ3n) is 6.43. The molecule has 0 bridgehead atoms. The Labute approximate surface area is 222 Å². The second-order valence-corrected chi connectivity index (χ2v) is 15.1. The van der Waals surface area contributed by atoms with Gasteiger partial charge < -0.3 is 4.74 Å².